The fraction of sp³-hybridized carbons (Fsp3) is 0.333. The monoisotopic (exact) mass is 242 g/mol. The molecule has 1 aliphatic rings. The number of benzene rings is 1. The highest BCUT2D eigenvalue weighted by molar-refractivity contribution is 5.98. The summed E-state index contributed by atoms with van der Waals surface area (Å²) < 4.78 is 0. The average molecular weight is 242 g/mol. The first kappa shape index (κ1) is 12.7. The number of nitrogens with zero attached hydrogens (tertiary/aromatic N) is 1. The van der Waals surface area contributed by atoms with Crippen molar-refractivity contribution in [3.8, 4) is 0 Å². The molecule has 2 N–H and O–H groups in total. The van der Waals surface area contributed by atoms with Gasteiger partial charge in [0.2, 0.25) is 0 Å². The molecule has 3 nitrogen and oxygen atoms in total. The minimum absolute atomic E-state index is 0.0701. The summed E-state index contributed by atoms with van der Waals surface area (Å²) in [5.74, 6) is 0.0701. The van der Waals surface area contributed by atoms with E-state index < -0.39 is 0 Å². The average Bonchev–Trinajstić information content (AvgIpc) is 3.11. The van der Waals surface area contributed by atoms with Gasteiger partial charge in [0.15, 0.2) is 5.78 Å². The van der Waals surface area contributed by atoms with Crippen molar-refractivity contribution in [3.05, 3.63) is 41.6 Å². The van der Waals surface area contributed by atoms with Crippen LogP contribution < -0.4 is 5.73 Å². The van der Waals surface area contributed by atoms with Crippen molar-refractivity contribution in [2.75, 3.05) is 0 Å². The van der Waals surface area contributed by atoms with Gasteiger partial charge in [-0.15, -0.1) is 0 Å². The second-order valence-electron chi connectivity index (χ2n) is 4.71. The second-order valence-corrected chi connectivity index (χ2v) is 4.71. The fourth-order valence-corrected chi connectivity index (χ4v) is 1.66. The largest absolute Gasteiger partial charge is 0.328 e. The Labute approximate surface area is 107 Å². The van der Waals surface area contributed by atoms with Crippen LogP contribution in [-0.4, -0.2) is 16.8 Å². The van der Waals surface area contributed by atoms with Crippen LogP contribution in [0.2, 0.25) is 0 Å². The molecular formula is C15H18N2O. The third kappa shape index (κ3) is 3.14. The maximum Gasteiger partial charge on any atom is 0.161 e. The summed E-state index contributed by atoms with van der Waals surface area (Å²) in [4.78, 5) is 15.6. The zero-order valence-electron chi connectivity index (χ0n) is 10.8. The molecule has 0 atom stereocenters. The van der Waals surface area contributed by atoms with Gasteiger partial charge in [0.1, 0.15) is 0 Å². The topological polar surface area (TPSA) is 56.0 Å². The van der Waals surface area contributed by atoms with Gasteiger partial charge in [-0.05, 0) is 38.8 Å². The lowest BCUT2D eigenvalue weighted by Crippen LogP contribution is -1.98. The molecule has 0 amide bonds. The number of hydrogen-bond acceptors (Lipinski definition) is 3. The third-order valence-electron chi connectivity index (χ3n) is 2.92. The normalized spacial score (nSPS) is 13.9. The lowest BCUT2D eigenvalue weighted by Gasteiger charge is -2.03. The Morgan fingerprint density at radius 2 is 1.94 bits per heavy atom. The predicted octanol–water partition coefficient (Wildman–Crippen LogP) is 2.85. The number of carbonyl (C=O) groups excluding carboxylic acids is 1. The molecule has 0 unspecified atom stereocenters. The number of para-hydroxylation sites is 1. The maximum atomic E-state index is 11.3. The van der Waals surface area contributed by atoms with Crippen molar-refractivity contribution in [1.29, 1.82) is 0 Å². The number of nitrogens with two attached hydrogens (primary N) is 1. The first-order chi connectivity index (χ1) is 8.58. The number of ketones is 1. The van der Waals surface area contributed by atoms with Gasteiger partial charge in [-0.1, -0.05) is 18.2 Å². The molecule has 1 heterocycles. The summed E-state index contributed by atoms with van der Waals surface area (Å²) in [5, 5.41) is 1.02. The Bertz CT molecular complexity index is 574. The Morgan fingerprint density at radius 3 is 2.50 bits per heavy atom. The summed E-state index contributed by atoms with van der Waals surface area (Å²) in [6.45, 7) is 3.43. The molecule has 18 heavy (non-hydrogen) atoms. The maximum absolute atomic E-state index is 11.3. The van der Waals surface area contributed by atoms with Crippen LogP contribution in [0.3, 0.4) is 0 Å². The van der Waals surface area contributed by atoms with Gasteiger partial charge < -0.3 is 5.73 Å². The molecule has 94 valence electrons. The molecule has 0 spiro atoms. The van der Waals surface area contributed by atoms with E-state index in [2.05, 4.69) is 4.98 Å². The SMILES string of the molecule is CC(=O)c1cc2ccccc2nc1C.NC1CC1. The molecule has 3 rings (SSSR count). The molecule has 1 fully saturated rings. The van der Waals surface area contributed by atoms with Gasteiger partial charge >= 0.3 is 0 Å². The smallest absolute Gasteiger partial charge is 0.161 e. The van der Waals surface area contributed by atoms with Gasteiger partial charge in [-0.2, -0.15) is 0 Å². The first-order valence-electron chi connectivity index (χ1n) is 6.21. The van der Waals surface area contributed by atoms with E-state index in [0.29, 0.717) is 11.6 Å². The lowest BCUT2D eigenvalue weighted by molar-refractivity contribution is 0.101. The van der Waals surface area contributed by atoms with E-state index in [1.165, 1.54) is 12.8 Å². The van der Waals surface area contributed by atoms with E-state index in [-0.39, 0.29) is 5.78 Å². The van der Waals surface area contributed by atoms with Crippen molar-refractivity contribution >= 4 is 16.7 Å². The summed E-state index contributed by atoms with van der Waals surface area (Å²) in [5.41, 5.74) is 7.68. The number of aryl methyl sites for hydroxylation is 1. The van der Waals surface area contributed by atoms with E-state index >= 15 is 0 Å². The van der Waals surface area contributed by atoms with Crippen LogP contribution in [-0.2, 0) is 0 Å². The van der Waals surface area contributed by atoms with Crippen LogP contribution in [0.15, 0.2) is 30.3 Å². The molecule has 1 aliphatic carbocycles. The quantitative estimate of drug-likeness (QED) is 0.782. The number of rotatable bonds is 1. The number of carbonyl (C=O) groups is 1. The van der Waals surface area contributed by atoms with E-state index in [9.17, 15) is 4.79 Å². The number of fused-ring (bicyclic) bond motifs is 1. The minimum Gasteiger partial charge on any atom is -0.328 e. The zero-order valence-corrected chi connectivity index (χ0v) is 10.8. The van der Waals surface area contributed by atoms with Crippen molar-refractivity contribution in [3.63, 3.8) is 0 Å². The van der Waals surface area contributed by atoms with Crippen LogP contribution in [0.1, 0.15) is 35.8 Å². The zero-order chi connectivity index (χ0) is 13.1. The standard InChI is InChI=1S/C12H11NO.C3H7N/c1-8-11(9(2)14)7-10-5-3-4-6-12(10)13-8;4-3-1-2-3/h3-7H,1-2H3;3H,1-2,4H2. The Morgan fingerprint density at radius 1 is 1.33 bits per heavy atom. The molecule has 1 aromatic carbocycles. The molecule has 0 saturated heterocycles. The highest BCUT2D eigenvalue weighted by Gasteiger charge is 2.13. The molecule has 1 aromatic heterocycles. The highest BCUT2D eigenvalue weighted by Crippen LogP contribution is 2.16. The van der Waals surface area contributed by atoms with Crippen molar-refractivity contribution in [1.82, 2.24) is 4.98 Å². The van der Waals surface area contributed by atoms with E-state index in [1.54, 1.807) is 6.92 Å². The molecule has 1 saturated carbocycles. The van der Waals surface area contributed by atoms with Crippen LogP contribution in [0.25, 0.3) is 10.9 Å². The van der Waals surface area contributed by atoms with Crippen molar-refractivity contribution < 1.29 is 4.79 Å². The van der Waals surface area contributed by atoms with Gasteiger partial charge in [0.25, 0.3) is 0 Å². The number of pyridine rings is 1. The van der Waals surface area contributed by atoms with Crippen LogP contribution in [0, 0.1) is 6.92 Å². The Kier molecular flexibility index (Phi) is 3.72. The number of Topliss-reactive ketones (excluding diaryl/α,β-unsaturated/α-hetero) is 1. The van der Waals surface area contributed by atoms with E-state index in [0.717, 1.165) is 16.6 Å². The highest BCUT2D eigenvalue weighted by atomic mass is 16.1. The van der Waals surface area contributed by atoms with E-state index in [4.69, 9.17) is 5.73 Å². The van der Waals surface area contributed by atoms with Crippen molar-refractivity contribution in [2.45, 2.75) is 32.7 Å². The van der Waals surface area contributed by atoms with Crippen LogP contribution in [0.5, 0.6) is 0 Å². The van der Waals surface area contributed by atoms with Gasteiger partial charge in [0.05, 0.1) is 5.52 Å². The fourth-order valence-electron chi connectivity index (χ4n) is 1.66. The van der Waals surface area contributed by atoms with Gasteiger partial charge in [-0.25, -0.2) is 0 Å². The predicted molar refractivity (Wildman–Crippen MR) is 73.7 cm³/mol. The lowest BCUT2D eigenvalue weighted by atomic mass is 10.1. The minimum atomic E-state index is 0.0701. The molecule has 3 heteroatoms. The van der Waals surface area contributed by atoms with Crippen molar-refractivity contribution in [2.24, 2.45) is 5.73 Å². The summed E-state index contributed by atoms with van der Waals surface area (Å²) in [7, 11) is 0. The summed E-state index contributed by atoms with van der Waals surface area (Å²) in [6.07, 6.45) is 2.53. The summed E-state index contributed by atoms with van der Waals surface area (Å²) >= 11 is 0. The van der Waals surface area contributed by atoms with Crippen LogP contribution >= 0.6 is 0 Å². The number of hydrogen-bond donors (Lipinski definition) is 1. The molecular weight excluding hydrogens is 224 g/mol. The molecule has 0 radical (unpaired) electrons. The van der Waals surface area contributed by atoms with Crippen LogP contribution in [0.4, 0.5) is 0 Å². The van der Waals surface area contributed by atoms with Gasteiger partial charge in [0, 0.05) is 22.7 Å². The Hall–Kier alpha value is -1.74. The van der Waals surface area contributed by atoms with Gasteiger partial charge in [-0.3, -0.25) is 9.78 Å². The molecule has 0 aliphatic heterocycles. The summed E-state index contributed by atoms with van der Waals surface area (Å²) in [6, 6.07) is 10.3. The Balaban J connectivity index is 0.000000256. The first-order valence-corrected chi connectivity index (χ1v) is 6.21. The molecule has 2 aromatic rings. The second kappa shape index (κ2) is 5.27. The molecule has 0 bridgehead atoms. The number of aromatic nitrogens is 1. The third-order valence-corrected chi connectivity index (χ3v) is 2.92. The van der Waals surface area contributed by atoms with E-state index in [1.807, 2.05) is 37.3 Å².